The third-order valence-electron chi connectivity index (χ3n) is 7.57. The number of hydrogen-bond acceptors (Lipinski definition) is 8. The van der Waals surface area contributed by atoms with E-state index < -0.39 is 33.6 Å². The molecule has 2 atom stereocenters. The largest absolute Gasteiger partial charge is 0.495 e. The molecule has 1 fully saturated rings. The summed E-state index contributed by atoms with van der Waals surface area (Å²) in [5, 5.41) is 6.30. The number of nitrogens with one attached hydrogen (secondary N) is 2. The van der Waals surface area contributed by atoms with E-state index in [1.54, 1.807) is 26.1 Å². The Morgan fingerprint density at radius 2 is 1.90 bits per heavy atom. The average Bonchev–Trinajstić information content (AvgIpc) is 3.42. The maximum Gasteiger partial charge on any atom is 0.434 e. The molecule has 3 heterocycles. The first-order valence-corrected chi connectivity index (χ1v) is 15.4. The van der Waals surface area contributed by atoms with E-state index in [1.165, 1.54) is 37.8 Å². The quantitative estimate of drug-likeness (QED) is 0.258. The van der Waals surface area contributed by atoms with Crippen LogP contribution in [0.2, 0.25) is 5.02 Å². The van der Waals surface area contributed by atoms with Crippen LogP contribution in [0.25, 0.3) is 11.1 Å². The molecule has 0 spiro atoms. The molecule has 1 saturated heterocycles. The van der Waals surface area contributed by atoms with Crippen LogP contribution in [0.15, 0.2) is 62.8 Å². The van der Waals surface area contributed by atoms with Crippen LogP contribution >= 0.6 is 11.6 Å². The molecule has 2 N–H and O–H groups in total. The van der Waals surface area contributed by atoms with Gasteiger partial charge in [0, 0.05) is 41.9 Å². The summed E-state index contributed by atoms with van der Waals surface area (Å²) < 4.78 is 55.6. The molecular formula is C29H31ClFN5O5S. The molecule has 0 amide bonds. The maximum absolute atomic E-state index is 15.5. The van der Waals surface area contributed by atoms with Crippen LogP contribution in [0.1, 0.15) is 55.2 Å². The summed E-state index contributed by atoms with van der Waals surface area (Å²) in [4.78, 5) is 18.6. The van der Waals surface area contributed by atoms with Gasteiger partial charge in [0.25, 0.3) is 0 Å². The Hall–Kier alpha value is -3.74. The fourth-order valence-corrected chi connectivity index (χ4v) is 7.01. The Bertz CT molecular complexity index is 1740. The minimum absolute atomic E-state index is 0.00902. The zero-order valence-electron chi connectivity index (χ0n) is 23.4. The van der Waals surface area contributed by atoms with Crippen molar-refractivity contribution in [1.82, 2.24) is 19.9 Å². The number of halogens is 2. The Labute approximate surface area is 247 Å². The van der Waals surface area contributed by atoms with Gasteiger partial charge < -0.3 is 14.1 Å². The van der Waals surface area contributed by atoms with Gasteiger partial charge in [-0.3, -0.25) is 0 Å². The molecule has 10 nitrogen and oxygen atoms in total. The molecule has 4 aromatic rings. The number of rotatable bonds is 9. The normalized spacial score (nSPS) is 15.4. The highest BCUT2D eigenvalue weighted by molar-refractivity contribution is 7.89. The molecule has 0 radical (unpaired) electrons. The van der Waals surface area contributed by atoms with E-state index >= 15 is 4.39 Å². The summed E-state index contributed by atoms with van der Waals surface area (Å²) in [6.07, 6.45) is 5.25. The Morgan fingerprint density at radius 1 is 1.14 bits per heavy atom. The molecule has 0 unspecified atom stereocenters. The monoisotopic (exact) mass is 615 g/mol. The molecule has 5 rings (SSSR count). The number of piperidine rings is 1. The van der Waals surface area contributed by atoms with Gasteiger partial charge in [-0.15, -0.1) is 5.10 Å². The summed E-state index contributed by atoms with van der Waals surface area (Å²) in [5.41, 5.74) is 2.34. The van der Waals surface area contributed by atoms with Crippen LogP contribution in [-0.4, -0.2) is 43.8 Å². The first-order valence-electron chi connectivity index (χ1n) is 13.5. The SMILES string of the molecule is COc1cc(Cl)ccc1S(=O)(=O)N[C@H](c1n[nH]c(=O)o1)[C@H](C)c1c(F)ccc(-c2ccc(N3CCCCC3)nc2)c1C. The van der Waals surface area contributed by atoms with Crippen molar-refractivity contribution in [2.24, 2.45) is 0 Å². The summed E-state index contributed by atoms with van der Waals surface area (Å²) in [7, 11) is -2.99. The Balaban J connectivity index is 1.52. The lowest BCUT2D eigenvalue weighted by Gasteiger charge is -2.28. The molecule has 42 heavy (non-hydrogen) atoms. The van der Waals surface area contributed by atoms with E-state index in [0.717, 1.165) is 42.9 Å². The minimum Gasteiger partial charge on any atom is -0.495 e. The van der Waals surface area contributed by atoms with Crippen molar-refractivity contribution >= 4 is 27.4 Å². The van der Waals surface area contributed by atoms with Crippen LogP contribution in [0.4, 0.5) is 10.2 Å². The van der Waals surface area contributed by atoms with E-state index in [2.05, 4.69) is 24.8 Å². The molecule has 0 bridgehead atoms. The lowest BCUT2D eigenvalue weighted by Crippen LogP contribution is -2.33. The van der Waals surface area contributed by atoms with Crippen LogP contribution in [-0.2, 0) is 10.0 Å². The van der Waals surface area contributed by atoms with Crippen LogP contribution in [0, 0.1) is 12.7 Å². The van der Waals surface area contributed by atoms with Gasteiger partial charge in [-0.2, -0.15) is 4.72 Å². The van der Waals surface area contributed by atoms with E-state index in [-0.39, 0.29) is 27.1 Å². The van der Waals surface area contributed by atoms with Crippen LogP contribution < -0.4 is 20.1 Å². The van der Waals surface area contributed by atoms with Gasteiger partial charge in [-0.1, -0.05) is 24.6 Å². The van der Waals surface area contributed by atoms with Crippen LogP contribution in [0.5, 0.6) is 5.75 Å². The fraction of sp³-hybridized carbons (Fsp3) is 0.345. The van der Waals surface area contributed by atoms with Crippen molar-refractivity contribution in [2.75, 3.05) is 25.1 Å². The van der Waals surface area contributed by atoms with Gasteiger partial charge in [0.15, 0.2) is 0 Å². The van der Waals surface area contributed by atoms with E-state index in [1.807, 2.05) is 12.1 Å². The standard InChI is InChI=1S/C29H31ClFN5O5S/c1-17-21(19-7-12-25(32-16-19)36-13-5-4-6-14-36)9-10-22(31)26(17)18(2)27(28-33-34-29(37)41-28)35-42(38,39)24-11-8-20(30)15-23(24)40-3/h7-12,15-16,18,27,35H,4-6,13-14H2,1-3H3,(H,34,37)/t18-,27+/m1/s1. The van der Waals surface area contributed by atoms with E-state index in [4.69, 9.17) is 20.8 Å². The smallest absolute Gasteiger partial charge is 0.434 e. The lowest BCUT2D eigenvalue weighted by atomic mass is 9.86. The molecule has 1 aliphatic rings. The maximum atomic E-state index is 15.5. The Morgan fingerprint density at radius 3 is 2.55 bits per heavy atom. The third kappa shape index (κ3) is 6.06. The fourth-order valence-electron chi connectivity index (χ4n) is 5.42. The number of hydrogen-bond donors (Lipinski definition) is 2. The van der Waals surface area contributed by atoms with Crippen molar-refractivity contribution in [3.05, 3.63) is 87.1 Å². The summed E-state index contributed by atoms with van der Waals surface area (Å²) in [6, 6.07) is 9.71. The van der Waals surface area contributed by atoms with E-state index in [9.17, 15) is 13.2 Å². The highest BCUT2D eigenvalue weighted by Gasteiger charge is 2.34. The summed E-state index contributed by atoms with van der Waals surface area (Å²) >= 11 is 6.02. The topological polar surface area (TPSA) is 130 Å². The number of benzene rings is 2. The number of aromatic amines is 1. The zero-order chi connectivity index (χ0) is 30.0. The van der Waals surface area contributed by atoms with Crippen molar-refractivity contribution in [1.29, 1.82) is 0 Å². The molecule has 222 valence electrons. The number of pyridine rings is 1. The zero-order valence-corrected chi connectivity index (χ0v) is 24.9. The predicted molar refractivity (Wildman–Crippen MR) is 157 cm³/mol. The van der Waals surface area contributed by atoms with Crippen molar-refractivity contribution in [3.8, 4) is 16.9 Å². The van der Waals surface area contributed by atoms with Gasteiger partial charge in [0.05, 0.1) is 7.11 Å². The number of aromatic nitrogens is 3. The van der Waals surface area contributed by atoms with Crippen LogP contribution in [0.3, 0.4) is 0 Å². The second-order valence-corrected chi connectivity index (χ2v) is 12.3. The minimum atomic E-state index is -4.30. The molecule has 2 aromatic carbocycles. The second-order valence-electron chi connectivity index (χ2n) is 10.2. The van der Waals surface area contributed by atoms with Gasteiger partial charge >= 0.3 is 5.76 Å². The number of sulfonamides is 1. The van der Waals surface area contributed by atoms with Crippen molar-refractivity contribution in [3.63, 3.8) is 0 Å². The first kappa shape index (κ1) is 29.7. The highest BCUT2D eigenvalue weighted by atomic mass is 35.5. The lowest BCUT2D eigenvalue weighted by molar-refractivity contribution is 0.374. The molecule has 1 aliphatic heterocycles. The van der Waals surface area contributed by atoms with Gasteiger partial charge in [0.1, 0.15) is 28.3 Å². The summed E-state index contributed by atoms with van der Waals surface area (Å²) in [6.45, 7) is 5.32. The second kappa shape index (κ2) is 12.2. The first-order chi connectivity index (χ1) is 20.1. The van der Waals surface area contributed by atoms with Gasteiger partial charge in [-0.25, -0.2) is 27.7 Å². The van der Waals surface area contributed by atoms with Gasteiger partial charge in [0.2, 0.25) is 15.9 Å². The molecular weight excluding hydrogens is 585 g/mol. The molecule has 0 aliphatic carbocycles. The summed E-state index contributed by atoms with van der Waals surface area (Å²) in [5.74, 6) is -1.64. The third-order valence-corrected chi connectivity index (χ3v) is 9.29. The predicted octanol–water partition coefficient (Wildman–Crippen LogP) is 5.35. The number of nitrogens with zero attached hydrogens (tertiary/aromatic N) is 3. The Kier molecular flexibility index (Phi) is 8.67. The van der Waals surface area contributed by atoms with Crippen molar-refractivity contribution in [2.45, 2.75) is 50.0 Å². The number of H-pyrrole nitrogens is 1. The van der Waals surface area contributed by atoms with E-state index in [0.29, 0.717) is 5.56 Å². The van der Waals surface area contributed by atoms with Gasteiger partial charge in [-0.05, 0) is 73.2 Å². The molecule has 0 saturated carbocycles. The molecule has 13 heteroatoms. The number of methoxy groups -OCH3 is 1. The molecule has 2 aromatic heterocycles. The number of ether oxygens (including phenoxy) is 1. The van der Waals surface area contributed by atoms with Crippen molar-refractivity contribution < 1.29 is 22.0 Å². The number of anilines is 1. The highest BCUT2D eigenvalue weighted by Crippen LogP contribution is 2.39. The average molecular weight is 616 g/mol.